The van der Waals surface area contributed by atoms with Crippen LogP contribution >= 0.6 is 0 Å². The lowest BCUT2D eigenvalue weighted by atomic mass is 9.46. The summed E-state index contributed by atoms with van der Waals surface area (Å²) in [5, 5.41) is 14.2. The Kier molecular flexibility index (Phi) is 2.99. The van der Waals surface area contributed by atoms with Crippen LogP contribution in [-0.2, 0) is 4.79 Å². The van der Waals surface area contributed by atoms with Crippen LogP contribution in [0, 0.1) is 28.6 Å². The third-order valence-electron chi connectivity index (χ3n) is 8.54. The average molecular weight is 315 g/mol. The van der Waals surface area contributed by atoms with E-state index in [-0.39, 0.29) is 16.9 Å². The smallest absolute Gasteiger partial charge is 0.155 e. The van der Waals surface area contributed by atoms with Crippen LogP contribution in [0.4, 0.5) is 0 Å². The summed E-state index contributed by atoms with van der Waals surface area (Å²) in [6.45, 7) is 3.49. The van der Waals surface area contributed by atoms with E-state index in [1.807, 2.05) is 6.08 Å². The Labute approximate surface area is 138 Å². The molecule has 0 unspecified atom stereocenters. The van der Waals surface area contributed by atoms with E-state index in [1.54, 1.807) is 0 Å². The maximum Gasteiger partial charge on any atom is 0.155 e. The van der Waals surface area contributed by atoms with E-state index in [0.717, 1.165) is 44.1 Å². The Hall–Kier alpha value is -0.670. The van der Waals surface area contributed by atoms with Gasteiger partial charge >= 0.3 is 0 Å². The fourth-order valence-electron chi connectivity index (χ4n) is 7.32. The molecule has 1 aliphatic heterocycles. The van der Waals surface area contributed by atoms with Gasteiger partial charge in [-0.25, -0.2) is 0 Å². The van der Waals surface area contributed by atoms with Crippen molar-refractivity contribution < 1.29 is 9.90 Å². The Bertz CT molecular complexity index is 580. The number of fused-ring (bicyclic) bond motifs is 5. The van der Waals surface area contributed by atoms with Crippen molar-refractivity contribution in [1.82, 2.24) is 5.32 Å². The standard InChI is InChI=1S/C20H29NO2/c1-19-8-7-16-14(15(19)4-5-18(19)23)3-2-12-10-13(22)6-9-20(12,16)17-11-21-17/h10,14-18,21,23H,2-9,11H2,1H3/t14-,15-,16-,17-,18-,19-,20+/m0/s1. The van der Waals surface area contributed by atoms with Gasteiger partial charge in [-0.1, -0.05) is 12.5 Å². The van der Waals surface area contributed by atoms with Gasteiger partial charge in [-0.3, -0.25) is 4.79 Å². The summed E-state index contributed by atoms with van der Waals surface area (Å²) in [5.41, 5.74) is 1.91. The largest absolute Gasteiger partial charge is 0.393 e. The van der Waals surface area contributed by atoms with Gasteiger partial charge in [0, 0.05) is 24.4 Å². The van der Waals surface area contributed by atoms with Crippen LogP contribution in [0.1, 0.15) is 58.3 Å². The number of nitrogens with one attached hydrogen (secondary N) is 1. The van der Waals surface area contributed by atoms with Crippen molar-refractivity contribution in [2.45, 2.75) is 70.4 Å². The van der Waals surface area contributed by atoms with Crippen molar-refractivity contribution >= 4 is 5.78 Å². The van der Waals surface area contributed by atoms with Gasteiger partial charge in [0.2, 0.25) is 0 Å². The molecule has 4 fully saturated rings. The molecule has 5 aliphatic rings. The second-order valence-electron chi connectivity index (χ2n) is 9.19. The fourth-order valence-corrected chi connectivity index (χ4v) is 7.32. The first-order valence-electron chi connectivity index (χ1n) is 9.71. The molecule has 3 heteroatoms. The molecule has 126 valence electrons. The molecule has 0 radical (unpaired) electrons. The zero-order valence-electron chi connectivity index (χ0n) is 14.2. The fraction of sp³-hybridized carbons (Fsp3) is 0.850. The third kappa shape index (κ3) is 1.81. The van der Waals surface area contributed by atoms with Gasteiger partial charge in [0.15, 0.2) is 5.78 Å². The van der Waals surface area contributed by atoms with E-state index < -0.39 is 0 Å². The molecule has 0 bridgehead atoms. The number of carbonyl (C=O) groups excluding carboxylic acids is 1. The number of aliphatic hydroxyl groups is 1. The molecule has 5 rings (SSSR count). The van der Waals surface area contributed by atoms with Crippen molar-refractivity contribution in [2.24, 2.45) is 28.6 Å². The summed E-state index contributed by atoms with van der Waals surface area (Å²) in [6, 6.07) is 0.616. The number of aliphatic hydroxyl groups excluding tert-OH is 1. The molecule has 7 atom stereocenters. The molecular weight excluding hydrogens is 286 g/mol. The lowest BCUT2D eigenvalue weighted by Gasteiger charge is -2.58. The molecule has 0 amide bonds. The molecule has 0 aromatic carbocycles. The van der Waals surface area contributed by atoms with Crippen LogP contribution < -0.4 is 5.32 Å². The molecule has 0 spiro atoms. The van der Waals surface area contributed by atoms with Crippen LogP contribution in [-0.4, -0.2) is 29.6 Å². The van der Waals surface area contributed by atoms with Gasteiger partial charge in [0.05, 0.1) is 6.10 Å². The zero-order chi connectivity index (χ0) is 15.8. The molecular formula is C20H29NO2. The lowest BCUT2D eigenvalue weighted by molar-refractivity contribution is -0.118. The van der Waals surface area contributed by atoms with E-state index in [4.69, 9.17) is 0 Å². The molecule has 1 heterocycles. The molecule has 4 aliphatic carbocycles. The minimum atomic E-state index is -0.0895. The SMILES string of the molecule is C[C@]12CC[C@H]3[C@@H](CCC4=CC(=O)CC[C@@]43[C@@H]3CN3)[C@@H]1CC[C@@H]2O. The summed E-state index contributed by atoms with van der Waals surface area (Å²) < 4.78 is 0. The van der Waals surface area contributed by atoms with E-state index in [9.17, 15) is 9.90 Å². The van der Waals surface area contributed by atoms with Crippen LogP contribution in [0.15, 0.2) is 11.6 Å². The highest BCUT2D eigenvalue weighted by molar-refractivity contribution is 5.91. The third-order valence-corrected chi connectivity index (χ3v) is 8.54. The first-order valence-corrected chi connectivity index (χ1v) is 9.71. The summed E-state index contributed by atoms with van der Waals surface area (Å²) >= 11 is 0. The molecule has 0 aromatic rings. The van der Waals surface area contributed by atoms with Crippen LogP contribution in [0.5, 0.6) is 0 Å². The van der Waals surface area contributed by atoms with Crippen molar-refractivity contribution in [3.63, 3.8) is 0 Å². The number of ketones is 1. The zero-order valence-corrected chi connectivity index (χ0v) is 14.2. The minimum Gasteiger partial charge on any atom is -0.393 e. The second-order valence-corrected chi connectivity index (χ2v) is 9.19. The predicted molar refractivity (Wildman–Crippen MR) is 88.8 cm³/mol. The van der Waals surface area contributed by atoms with Gasteiger partial charge in [-0.05, 0) is 74.2 Å². The number of hydrogen-bond acceptors (Lipinski definition) is 3. The number of carbonyl (C=O) groups is 1. The highest BCUT2D eigenvalue weighted by atomic mass is 16.3. The highest BCUT2D eigenvalue weighted by Crippen LogP contribution is 2.66. The Morgan fingerprint density at radius 2 is 1.96 bits per heavy atom. The summed E-state index contributed by atoms with van der Waals surface area (Å²) in [7, 11) is 0. The van der Waals surface area contributed by atoms with E-state index >= 15 is 0 Å². The first kappa shape index (κ1) is 14.7. The average Bonchev–Trinajstić information content (AvgIpc) is 3.34. The van der Waals surface area contributed by atoms with Crippen molar-refractivity contribution in [2.75, 3.05) is 6.54 Å². The Morgan fingerprint density at radius 3 is 2.74 bits per heavy atom. The number of hydrogen-bond donors (Lipinski definition) is 2. The van der Waals surface area contributed by atoms with Gasteiger partial charge in [0.25, 0.3) is 0 Å². The first-order chi connectivity index (χ1) is 11.1. The Balaban J connectivity index is 1.56. The van der Waals surface area contributed by atoms with Crippen LogP contribution in [0.3, 0.4) is 0 Å². The van der Waals surface area contributed by atoms with Gasteiger partial charge < -0.3 is 10.4 Å². The maximum atomic E-state index is 12.0. The van der Waals surface area contributed by atoms with Crippen molar-refractivity contribution in [3.8, 4) is 0 Å². The summed E-state index contributed by atoms with van der Waals surface area (Å²) in [6.07, 6.45) is 10.8. The maximum absolute atomic E-state index is 12.0. The Morgan fingerprint density at radius 1 is 1.13 bits per heavy atom. The topological polar surface area (TPSA) is 59.2 Å². The predicted octanol–water partition coefficient (Wildman–Crippen LogP) is 2.83. The second kappa shape index (κ2) is 4.70. The van der Waals surface area contributed by atoms with Gasteiger partial charge in [-0.2, -0.15) is 0 Å². The lowest BCUT2D eigenvalue weighted by Crippen LogP contribution is -2.54. The quantitative estimate of drug-likeness (QED) is 0.732. The van der Waals surface area contributed by atoms with Crippen LogP contribution in [0.2, 0.25) is 0 Å². The normalized spacial score (nSPS) is 54.8. The van der Waals surface area contributed by atoms with Gasteiger partial charge in [0.1, 0.15) is 0 Å². The van der Waals surface area contributed by atoms with Crippen LogP contribution in [0.25, 0.3) is 0 Å². The summed E-state index contributed by atoms with van der Waals surface area (Å²) in [4.78, 5) is 12.0. The molecule has 23 heavy (non-hydrogen) atoms. The molecule has 3 saturated carbocycles. The summed E-state index contributed by atoms with van der Waals surface area (Å²) in [5.74, 6) is 2.55. The van der Waals surface area contributed by atoms with E-state index in [0.29, 0.717) is 17.7 Å². The van der Waals surface area contributed by atoms with Gasteiger partial charge in [-0.15, -0.1) is 0 Å². The number of rotatable bonds is 1. The highest BCUT2D eigenvalue weighted by Gasteiger charge is 2.63. The minimum absolute atomic E-state index is 0.0895. The van der Waals surface area contributed by atoms with E-state index in [2.05, 4.69) is 12.2 Å². The molecule has 2 N–H and O–H groups in total. The molecule has 1 saturated heterocycles. The molecule has 3 nitrogen and oxygen atoms in total. The molecule has 0 aromatic heterocycles. The van der Waals surface area contributed by atoms with Crippen molar-refractivity contribution in [3.05, 3.63) is 11.6 Å². The van der Waals surface area contributed by atoms with Crippen molar-refractivity contribution in [1.29, 1.82) is 0 Å². The monoisotopic (exact) mass is 315 g/mol. The van der Waals surface area contributed by atoms with E-state index in [1.165, 1.54) is 31.3 Å².